The molecule has 1 amide bonds. The van der Waals surface area contributed by atoms with Crippen LogP contribution in [0.2, 0.25) is 0 Å². The first-order chi connectivity index (χ1) is 24.4. The Morgan fingerprint density at radius 3 is 1.80 bits per heavy atom. The van der Waals surface area contributed by atoms with E-state index in [-0.39, 0.29) is 18.9 Å². The predicted molar refractivity (Wildman–Crippen MR) is 213 cm³/mol. The third kappa shape index (κ3) is 34.0. The molecule has 0 saturated heterocycles. The van der Waals surface area contributed by atoms with Gasteiger partial charge in [-0.25, -0.2) is 4.57 Å². The number of unbranched alkanes of at least 4 members (excludes halogenated alkanes) is 13. The Hall–Kier alpha value is -1.58. The van der Waals surface area contributed by atoms with E-state index in [2.05, 4.69) is 67.8 Å². The van der Waals surface area contributed by atoms with Gasteiger partial charge in [0.05, 0.1) is 39.9 Å². The zero-order valence-corrected chi connectivity index (χ0v) is 34.1. The van der Waals surface area contributed by atoms with Gasteiger partial charge in [-0.2, -0.15) is 0 Å². The SMILES string of the molecule is CC/C=C\C/C=C\C/C=C\CCCCCCCC(=O)NC(COP(=O)(O)OCC[N+](C)(C)C)C(O)C(O)CCC/C=C/CCCCCCCCC. The van der Waals surface area contributed by atoms with Crippen LogP contribution in [0, 0.1) is 0 Å². The van der Waals surface area contributed by atoms with Crippen LogP contribution >= 0.6 is 7.82 Å². The van der Waals surface area contributed by atoms with Gasteiger partial charge in [0, 0.05) is 6.42 Å². The Bertz CT molecular complexity index is 993. The van der Waals surface area contributed by atoms with Crippen LogP contribution in [0.1, 0.15) is 149 Å². The summed E-state index contributed by atoms with van der Waals surface area (Å²) < 4.78 is 23.4. The monoisotopic (exact) mass is 742 g/mol. The molecule has 10 heteroatoms. The first kappa shape index (κ1) is 49.4. The molecule has 0 aliphatic rings. The maximum atomic E-state index is 12.8. The highest BCUT2D eigenvalue weighted by Gasteiger charge is 2.31. The average molecular weight is 742 g/mol. The first-order valence-electron chi connectivity index (χ1n) is 20.1. The largest absolute Gasteiger partial charge is 0.472 e. The summed E-state index contributed by atoms with van der Waals surface area (Å²) >= 11 is 0. The fourth-order valence-corrected chi connectivity index (χ4v) is 6.13. The van der Waals surface area contributed by atoms with Crippen molar-refractivity contribution in [3.05, 3.63) is 48.6 Å². The first-order valence-corrected chi connectivity index (χ1v) is 21.6. The second-order valence-corrected chi connectivity index (χ2v) is 16.2. The van der Waals surface area contributed by atoms with E-state index in [0.717, 1.165) is 64.2 Å². The highest BCUT2D eigenvalue weighted by molar-refractivity contribution is 7.47. The van der Waals surface area contributed by atoms with E-state index >= 15 is 0 Å². The lowest BCUT2D eigenvalue weighted by atomic mass is 10.0. The lowest BCUT2D eigenvalue weighted by Gasteiger charge is -2.28. The van der Waals surface area contributed by atoms with Crippen LogP contribution in [0.15, 0.2) is 48.6 Å². The van der Waals surface area contributed by atoms with E-state index in [0.29, 0.717) is 30.3 Å². The van der Waals surface area contributed by atoms with E-state index in [1.807, 2.05) is 21.1 Å². The predicted octanol–water partition coefficient (Wildman–Crippen LogP) is 9.49. The molecule has 0 rings (SSSR count). The molecule has 0 aromatic heterocycles. The Kier molecular flexibility index (Phi) is 32.0. The minimum atomic E-state index is -4.42. The summed E-state index contributed by atoms with van der Waals surface area (Å²) in [6.07, 6.45) is 36.0. The van der Waals surface area contributed by atoms with Gasteiger partial charge in [0.2, 0.25) is 5.91 Å². The third-order valence-electron chi connectivity index (χ3n) is 8.65. The molecule has 0 aromatic rings. The standard InChI is InChI=1S/C41H77N2O7P/c1-6-8-10-12-14-16-18-20-21-22-24-26-28-30-32-34-40(45)42-38(37-50-51(47,48)49-36-35-43(3,4)5)41(46)39(44)33-31-29-27-25-23-19-17-15-13-11-9-7-2/h8,10,14,16,20-21,25,27,38-39,41,44,46H,6-7,9,11-13,15,17-19,22-24,26,28-37H2,1-5H3,(H-,42,45,47,48)/p+1/b10-8-,16-14-,21-20-,27-25+. The van der Waals surface area contributed by atoms with E-state index in [4.69, 9.17) is 9.05 Å². The summed E-state index contributed by atoms with van der Waals surface area (Å²) in [4.78, 5) is 23.1. The van der Waals surface area contributed by atoms with Crippen molar-refractivity contribution in [1.82, 2.24) is 5.32 Å². The van der Waals surface area contributed by atoms with Crippen LogP contribution in [0.5, 0.6) is 0 Å². The maximum absolute atomic E-state index is 12.8. The Balaban J connectivity index is 4.67. The van der Waals surface area contributed by atoms with Crippen molar-refractivity contribution >= 4 is 13.7 Å². The zero-order valence-electron chi connectivity index (χ0n) is 33.2. The third-order valence-corrected chi connectivity index (χ3v) is 9.64. The van der Waals surface area contributed by atoms with Crippen LogP contribution in [0.3, 0.4) is 0 Å². The van der Waals surface area contributed by atoms with E-state index in [1.54, 1.807) is 0 Å². The molecule has 0 aliphatic carbocycles. The maximum Gasteiger partial charge on any atom is 0.472 e. The molecule has 0 aromatic carbocycles. The van der Waals surface area contributed by atoms with E-state index in [9.17, 15) is 24.5 Å². The normalized spacial score (nSPS) is 15.7. The highest BCUT2D eigenvalue weighted by atomic mass is 31.2. The van der Waals surface area contributed by atoms with Crippen LogP contribution in [-0.2, 0) is 18.4 Å². The molecule has 9 nitrogen and oxygen atoms in total. The number of aliphatic hydroxyl groups excluding tert-OH is 2. The molecule has 0 fully saturated rings. The van der Waals surface area contributed by atoms with Crippen LogP contribution in [-0.4, -0.2) is 84.6 Å². The number of hydrogen-bond donors (Lipinski definition) is 4. The van der Waals surface area contributed by atoms with Gasteiger partial charge >= 0.3 is 7.82 Å². The van der Waals surface area contributed by atoms with Gasteiger partial charge in [-0.1, -0.05) is 120 Å². The summed E-state index contributed by atoms with van der Waals surface area (Å²) in [5.74, 6) is -0.289. The number of rotatable bonds is 35. The van der Waals surface area contributed by atoms with Gasteiger partial charge < -0.3 is 24.9 Å². The second-order valence-electron chi connectivity index (χ2n) is 14.8. The second kappa shape index (κ2) is 33.0. The van der Waals surface area contributed by atoms with Gasteiger partial charge in [-0.3, -0.25) is 13.8 Å². The zero-order chi connectivity index (χ0) is 38.1. The number of hydrogen-bond acceptors (Lipinski definition) is 6. The highest BCUT2D eigenvalue weighted by Crippen LogP contribution is 2.43. The number of nitrogens with zero attached hydrogens (tertiary/aromatic N) is 1. The topological polar surface area (TPSA) is 125 Å². The summed E-state index contributed by atoms with van der Waals surface area (Å²) in [6.45, 7) is 4.42. The van der Waals surface area contributed by atoms with Gasteiger partial charge in [0.25, 0.3) is 0 Å². The van der Waals surface area contributed by atoms with Crippen molar-refractivity contribution < 1.29 is 38.0 Å². The van der Waals surface area contributed by atoms with Crippen molar-refractivity contribution in [2.24, 2.45) is 0 Å². The number of phosphoric acid groups is 1. The molecule has 0 spiro atoms. The Labute approximate surface area is 312 Å². The molecule has 0 bridgehead atoms. The average Bonchev–Trinajstić information content (AvgIpc) is 3.07. The minimum absolute atomic E-state index is 0.0107. The van der Waals surface area contributed by atoms with E-state index in [1.165, 1.54) is 44.9 Å². The molecule has 4 N–H and O–H groups in total. The van der Waals surface area contributed by atoms with Gasteiger partial charge in [0.1, 0.15) is 19.3 Å². The summed E-state index contributed by atoms with van der Waals surface area (Å²) in [5.41, 5.74) is 0. The smallest absolute Gasteiger partial charge is 0.390 e. The Morgan fingerprint density at radius 2 is 1.22 bits per heavy atom. The quantitative estimate of drug-likeness (QED) is 0.0221. The molecule has 4 unspecified atom stereocenters. The van der Waals surface area contributed by atoms with Crippen molar-refractivity contribution in [3.8, 4) is 0 Å². The number of carbonyl (C=O) groups excluding carboxylic acids is 1. The number of phosphoric ester groups is 1. The van der Waals surface area contributed by atoms with Crippen LogP contribution < -0.4 is 5.32 Å². The lowest BCUT2D eigenvalue weighted by molar-refractivity contribution is -0.870. The summed E-state index contributed by atoms with van der Waals surface area (Å²) in [6, 6.07) is -1.06. The summed E-state index contributed by atoms with van der Waals surface area (Å²) in [5, 5.41) is 24.5. The molecule has 0 saturated carbocycles. The minimum Gasteiger partial charge on any atom is -0.390 e. The van der Waals surface area contributed by atoms with Crippen molar-refractivity contribution in [2.75, 3.05) is 40.9 Å². The Morgan fingerprint density at radius 1 is 0.706 bits per heavy atom. The van der Waals surface area contributed by atoms with Crippen molar-refractivity contribution in [2.45, 2.75) is 167 Å². The van der Waals surface area contributed by atoms with E-state index < -0.39 is 32.7 Å². The van der Waals surface area contributed by atoms with Gasteiger partial charge in [-0.05, 0) is 70.6 Å². The molecule has 51 heavy (non-hydrogen) atoms. The number of amides is 1. The molecule has 0 aliphatic heterocycles. The molecule has 298 valence electrons. The molecular formula is C41H78N2O7P+. The van der Waals surface area contributed by atoms with Gasteiger partial charge in [-0.15, -0.1) is 0 Å². The van der Waals surface area contributed by atoms with Crippen molar-refractivity contribution in [3.63, 3.8) is 0 Å². The van der Waals surface area contributed by atoms with Crippen LogP contribution in [0.25, 0.3) is 0 Å². The molecule has 4 atom stereocenters. The van der Waals surface area contributed by atoms with Crippen LogP contribution in [0.4, 0.5) is 0 Å². The number of likely N-dealkylation sites (N-methyl/N-ethyl adjacent to an activating group) is 1. The number of carbonyl (C=O) groups is 1. The number of quaternary nitrogens is 1. The molecule has 0 radical (unpaired) electrons. The lowest BCUT2D eigenvalue weighted by Crippen LogP contribution is -2.51. The molecule has 0 heterocycles. The number of allylic oxidation sites excluding steroid dienone is 8. The van der Waals surface area contributed by atoms with Crippen molar-refractivity contribution in [1.29, 1.82) is 0 Å². The molecular weight excluding hydrogens is 663 g/mol. The number of aliphatic hydroxyl groups is 2. The fraction of sp³-hybridized carbons (Fsp3) is 0.780. The summed E-state index contributed by atoms with van der Waals surface area (Å²) in [7, 11) is 1.39. The number of nitrogens with one attached hydrogen (secondary N) is 1. The van der Waals surface area contributed by atoms with Gasteiger partial charge in [0.15, 0.2) is 0 Å². The fourth-order valence-electron chi connectivity index (χ4n) is 5.39.